The molecular formula is C37H32ClN3O4. The number of nitrogens with one attached hydrogen (secondary N) is 1. The number of urea groups is 1. The maximum atomic E-state index is 14.1. The highest BCUT2D eigenvalue weighted by molar-refractivity contribution is 6.39. The first-order valence-electron chi connectivity index (χ1n) is 15.3. The number of imide groups is 2. The average molecular weight is 618 g/mol. The lowest BCUT2D eigenvalue weighted by Gasteiger charge is -2.44. The largest absolute Gasteiger partial charge is 0.493 e. The van der Waals surface area contributed by atoms with Crippen molar-refractivity contribution in [3.63, 3.8) is 0 Å². The molecule has 0 saturated carbocycles. The number of barbiturate groups is 1. The summed E-state index contributed by atoms with van der Waals surface area (Å²) in [5.74, 6) is -0.808. The number of carbonyl (C=O) groups excluding carboxylic acids is 3. The molecule has 7 nitrogen and oxygen atoms in total. The smallest absolute Gasteiger partial charge is 0.335 e. The van der Waals surface area contributed by atoms with E-state index in [2.05, 4.69) is 34.5 Å². The lowest BCUT2D eigenvalue weighted by Crippen LogP contribution is -2.54. The molecule has 0 unspecified atom stereocenters. The summed E-state index contributed by atoms with van der Waals surface area (Å²) in [6.07, 6.45) is 3.26. The summed E-state index contributed by atoms with van der Waals surface area (Å²) in [5.41, 5.74) is 6.45. The molecule has 45 heavy (non-hydrogen) atoms. The number of rotatable bonds is 6. The Labute approximate surface area is 267 Å². The van der Waals surface area contributed by atoms with Crippen LogP contribution in [-0.2, 0) is 9.59 Å². The SMILES string of the molecule is CCOc1ccc(Cl)cc1/C=C1\C(=O)NC(=O)N(c2cc3c4c(c2)[C@H](c2ccccc2)CCN4CC[C@H]3c2ccccc2)C1=O. The van der Waals surface area contributed by atoms with E-state index < -0.39 is 17.8 Å². The summed E-state index contributed by atoms with van der Waals surface area (Å²) in [7, 11) is 0. The fourth-order valence-electron chi connectivity index (χ4n) is 6.94. The van der Waals surface area contributed by atoms with Crippen LogP contribution in [0.3, 0.4) is 0 Å². The van der Waals surface area contributed by atoms with E-state index in [0.717, 1.165) is 42.0 Å². The first-order chi connectivity index (χ1) is 21.9. The van der Waals surface area contributed by atoms with Crippen molar-refractivity contribution in [3.05, 3.63) is 129 Å². The van der Waals surface area contributed by atoms with Gasteiger partial charge in [-0.25, -0.2) is 9.69 Å². The van der Waals surface area contributed by atoms with Gasteiger partial charge < -0.3 is 9.64 Å². The van der Waals surface area contributed by atoms with Crippen molar-refractivity contribution in [2.45, 2.75) is 31.6 Å². The van der Waals surface area contributed by atoms with Gasteiger partial charge in [0.2, 0.25) is 0 Å². The van der Waals surface area contributed by atoms with Gasteiger partial charge in [-0.2, -0.15) is 0 Å². The molecule has 3 aliphatic rings. The summed E-state index contributed by atoms with van der Waals surface area (Å²) in [6.45, 7) is 4.08. The summed E-state index contributed by atoms with van der Waals surface area (Å²) in [6, 6.07) is 28.9. The summed E-state index contributed by atoms with van der Waals surface area (Å²) >= 11 is 6.26. The Hall–Kier alpha value is -4.88. The van der Waals surface area contributed by atoms with Gasteiger partial charge in [-0.3, -0.25) is 14.9 Å². The van der Waals surface area contributed by atoms with Crippen LogP contribution in [0.5, 0.6) is 5.75 Å². The van der Waals surface area contributed by atoms with Crippen LogP contribution in [0.15, 0.2) is 96.6 Å². The first-order valence-corrected chi connectivity index (χ1v) is 15.7. The van der Waals surface area contributed by atoms with Crippen LogP contribution in [-0.4, -0.2) is 37.5 Å². The Bertz CT molecular complexity index is 1770. The molecule has 8 heteroatoms. The van der Waals surface area contributed by atoms with Crippen LogP contribution < -0.4 is 19.9 Å². The fourth-order valence-corrected chi connectivity index (χ4v) is 7.12. The van der Waals surface area contributed by atoms with Gasteiger partial charge in [-0.05, 0) is 78.4 Å². The minimum absolute atomic E-state index is 0.0884. The van der Waals surface area contributed by atoms with E-state index in [-0.39, 0.29) is 17.4 Å². The molecule has 2 atom stereocenters. The third-order valence-electron chi connectivity index (χ3n) is 8.93. The molecule has 7 rings (SSSR count). The number of ether oxygens (including phenoxy) is 1. The van der Waals surface area contributed by atoms with Gasteiger partial charge in [-0.1, -0.05) is 72.3 Å². The Morgan fingerprint density at radius 2 is 1.44 bits per heavy atom. The van der Waals surface area contributed by atoms with E-state index in [4.69, 9.17) is 16.3 Å². The number of carbonyl (C=O) groups is 3. The van der Waals surface area contributed by atoms with Crippen LogP contribution in [0.1, 0.15) is 59.4 Å². The zero-order chi connectivity index (χ0) is 31.1. The molecule has 4 amide bonds. The van der Waals surface area contributed by atoms with Gasteiger partial charge in [0.05, 0.1) is 12.3 Å². The quantitative estimate of drug-likeness (QED) is 0.182. The molecule has 0 radical (unpaired) electrons. The second-order valence-corrected chi connectivity index (χ2v) is 12.0. The second kappa shape index (κ2) is 11.9. The van der Waals surface area contributed by atoms with Gasteiger partial charge in [0.1, 0.15) is 11.3 Å². The molecule has 0 aromatic heterocycles. The lowest BCUT2D eigenvalue weighted by atomic mass is 9.76. The van der Waals surface area contributed by atoms with E-state index in [9.17, 15) is 14.4 Å². The molecule has 0 bridgehead atoms. The number of anilines is 2. The fraction of sp³-hybridized carbons (Fsp3) is 0.216. The highest BCUT2D eigenvalue weighted by atomic mass is 35.5. The third-order valence-corrected chi connectivity index (χ3v) is 9.17. The molecular weight excluding hydrogens is 586 g/mol. The molecule has 226 valence electrons. The Kier molecular flexibility index (Phi) is 7.63. The first kappa shape index (κ1) is 28.9. The molecule has 1 fully saturated rings. The maximum Gasteiger partial charge on any atom is 0.335 e. The predicted octanol–water partition coefficient (Wildman–Crippen LogP) is 7.28. The predicted molar refractivity (Wildman–Crippen MR) is 176 cm³/mol. The Balaban J connectivity index is 1.39. The van der Waals surface area contributed by atoms with Crippen molar-refractivity contribution in [2.24, 2.45) is 0 Å². The highest BCUT2D eigenvalue weighted by Gasteiger charge is 2.40. The standard InChI is InChI=1S/C37H32ClN3O4/c1-2-45-33-14-13-26(38)19-25(33)20-32-35(42)39-37(44)41(36(32)43)27-21-30-28(23-9-5-3-6-10-23)15-17-40-18-16-29(31(22-27)34(30)40)24-11-7-4-8-12-24/h3-14,19-22,28-29H,2,15-18H2,1H3,(H,39,42,44)/b32-20+/t28-,29-/m0/s1. The minimum Gasteiger partial charge on any atom is -0.493 e. The highest BCUT2D eigenvalue weighted by Crippen LogP contribution is 2.50. The van der Waals surface area contributed by atoms with Gasteiger partial charge in [0.15, 0.2) is 0 Å². The van der Waals surface area contributed by atoms with Crippen molar-refractivity contribution in [1.29, 1.82) is 0 Å². The van der Waals surface area contributed by atoms with E-state index in [0.29, 0.717) is 28.6 Å². The number of amides is 4. The summed E-state index contributed by atoms with van der Waals surface area (Å²) in [4.78, 5) is 44.3. The lowest BCUT2D eigenvalue weighted by molar-refractivity contribution is -0.122. The van der Waals surface area contributed by atoms with Gasteiger partial charge in [0.25, 0.3) is 11.8 Å². The monoisotopic (exact) mass is 617 g/mol. The van der Waals surface area contributed by atoms with Crippen LogP contribution in [0.2, 0.25) is 5.02 Å². The molecule has 3 aliphatic heterocycles. The number of hydrogen-bond donors (Lipinski definition) is 1. The van der Waals surface area contributed by atoms with Crippen molar-refractivity contribution in [3.8, 4) is 5.75 Å². The van der Waals surface area contributed by atoms with Gasteiger partial charge in [0, 0.05) is 41.2 Å². The van der Waals surface area contributed by atoms with E-state index in [1.165, 1.54) is 22.9 Å². The van der Waals surface area contributed by atoms with Crippen molar-refractivity contribution < 1.29 is 19.1 Å². The molecule has 3 heterocycles. The van der Waals surface area contributed by atoms with E-state index in [1.54, 1.807) is 18.2 Å². The molecule has 0 spiro atoms. The molecule has 4 aromatic carbocycles. The Morgan fingerprint density at radius 3 is 2.02 bits per heavy atom. The van der Waals surface area contributed by atoms with E-state index in [1.807, 2.05) is 55.5 Å². The number of halogens is 1. The maximum absolute atomic E-state index is 14.1. The third kappa shape index (κ3) is 5.27. The van der Waals surface area contributed by atoms with Crippen LogP contribution in [0.25, 0.3) is 6.08 Å². The van der Waals surface area contributed by atoms with Crippen LogP contribution in [0.4, 0.5) is 16.2 Å². The molecule has 0 aliphatic carbocycles. The number of benzene rings is 4. The van der Waals surface area contributed by atoms with Crippen LogP contribution >= 0.6 is 11.6 Å². The number of hydrogen-bond acceptors (Lipinski definition) is 5. The Morgan fingerprint density at radius 1 is 0.844 bits per heavy atom. The summed E-state index contributed by atoms with van der Waals surface area (Å²) in [5, 5.41) is 2.83. The zero-order valence-electron chi connectivity index (χ0n) is 24.8. The number of nitrogens with zero attached hydrogens (tertiary/aromatic N) is 2. The van der Waals surface area contributed by atoms with Gasteiger partial charge in [-0.15, -0.1) is 0 Å². The van der Waals surface area contributed by atoms with E-state index >= 15 is 0 Å². The molecule has 4 aromatic rings. The minimum atomic E-state index is -0.776. The normalized spacial score (nSPS) is 20.2. The van der Waals surface area contributed by atoms with Crippen LogP contribution in [0, 0.1) is 0 Å². The molecule has 1 saturated heterocycles. The average Bonchev–Trinajstić information content (AvgIpc) is 3.05. The topological polar surface area (TPSA) is 79.0 Å². The molecule has 1 N–H and O–H groups in total. The second-order valence-electron chi connectivity index (χ2n) is 11.5. The zero-order valence-corrected chi connectivity index (χ0v) is 25.6. The summed E-state index contributed by atoms with van der Waals surface area (Å²) < 4.78 is 5.72. The van der Waals surface area contributed by atoms with Crippen molar-refractivity contribution in [1.82, 2.24) is 5.32 Å². The van der Waals surface area contributed by atoms with Gasteiger partial charge >= 0.3 is 6.03 Å². The van der Waals surface area contributed by atoms with Crippen molar-refractivity contribution in [2.75, 3.05) is 29.5 Å². The van der Waals surface area contributed by atoms with Crippen molar-refractivity contribution >= 4 is 46.9 Å².